The number of aliphatic hydroxyl groups excluding tert-OH is 1. The summed E-state index contributed by atoms with van der Waals surface area (Å²) in [4.78, 5) is 13.3. The van der Waals surface area contributed by atoms with E-state index in [4.69, 9.17) is 4.74 Å². The molecule has 0 saturated carbocycles. The topological polar surface area (TPSA) is 61.8 Å². The van der Waals surface area contributed by atoms with Crippen LogP contribution in [0.3, 0.4) is 0 Å². The third-order valence-electron chi connectivity index (χ3n) is 3.84. The molecule has 22 heavy (non-hydrogen) atoms. The number of ether oxygens (including phenoxy) is 1. The summed E-state index contributed by atoms with van der Waals surface area (Å²) in [6, 6.07) is 5.77. The highest BCUT2D eigenvalue weighted by Gasteiger charge is 2.25. The molecule has 0 spiro atoms. The molecular weight excluding hydrogens is 287 g/mol. The van der Waals surface area contributed by atoms with Crippen LogP contribution in [0.4, 0.5) is 4.39 Å². The van der Waals surface area contributed by atoms with Gasteiger partial charge in [0.1, 0.15) is 18.2 Å². The van der Waals surface area contributed by atoms with Gasteiger partial charge in [-0.2, -0.15) is 0 Å². The summed E-state index contributed by atoms with van der Waals surface area (Å²) in [6.45, 7) is 4.27. The lowest BCUT2D eigenvalue weighted by Gasteiger charge is -2.20. The normalized spacial score (nSPS) is 22.9. The fraction of sp³-hybridized carbons (Fsp3) is 0.562. The van der Waals surface area contributed by atoms with Crippen LogP contribution < -0.4 is 10.1 Å². The van der Waals surface area contributed by atoms with Crippen molar-refractivity contribution in [1.29, 1.82) is 0 Å². The molecule has 0 radical (unpaired) electrons. The Labute approximate surface area is 130 Å². The van der Waals surface area contributed by atoms with E-state index in [0.29, 0.717) is 18.8 Å². The van der Waals surface area contributed by atoms with Gasteiger partial charge in [-0.05, 0) is 37.1 Å². The molecule has 122 valence electrons. The zero-order valence-electron chi connectivity index (χ0n) is 12.8. The molecule has 5 nitrogen and oxygen atoms in total. The van der Waals surface area contributed by atoms with Crippen molar-refractivity contribution in [2.75, 3.05) is 26.2 Å². The SMILES string of the molecule is CC(=O)N[C@H]1CCN(CCOc2ccc(F)cc2)CC[C@@H]1O. The van der Waals surface area contributed by atoms with Crippen molar-refractivity contribution >= 4 is 5.91 Å². The average molecular weight is 310 g/mol. The number of carbonyl (C=O) groups is 1. The minimum Gasteiger partial charge on any atom is -0.492 e. The molecule has 1 heterocycles. The third kappa shape index (κ3) is 5.27. The Morgan fingerprint density at radius 2 is 2.05 bits per heavy atom. The fourth-order valence-electron chi connectivity index (χ4n) is 2.62. The van der Waals surface area contributed by atoms with Gasteiger partial charge in [0, 0.05) is 26.6 Å². The Morgan fingerprint density at radius 3 is 2.73 bits per heavy atom. The van der Waals surface area contributed by atoms with Gasteiger partial charge in [0.2, 0.25) is 5.91 Å². The summed E-state index contributed by atoms with van der Waals surface area (Å²) in [5.41, 5.74) is 0. The molecule has 1 aromatic carbocycles. The first-order valence-corrected chi connectivity index (χ1v) is 7.60. The molecule has 0 aromatic heterocycles. The summed E-state index contributed by atoms with van der Waals surface area (Å²) in [5.74, 6) is 0.252. The number of aliphatic hydroxyl groups is 1. The molecule has 6 heteroatoms. The van der Waals surface area contributed by atoms with Gasteiger partial charge in [-0.1, -0.05) is 0 Å². The number of carbonyl (C=O) groups excluding carboxylic acids is 1. The number of rotatable bonds is 5. The minimum absolute atomic E-state index is 0.114. The first-order valence-electron chi connectivity index (χ1n) is 7.60. The van der Waals surface area contributed by atoms with Gasteiger partial charge in [0.25, 0.3) is 0 Å². The molecule has 0 bridgehead atoms. The molecule has 0 unspecified atom stereocenters. The van der Waals surface area contributed by atoms with E-state index in [9.17, 15) is 14.3 Å². The number of amides is 1. The smallest absolute Gasteiger partial charge is 0.217 e. The predicted octanol–water partition coefficient (Wildman–Crippen LogP) is 1.17. The van der Waals surface area contributed by atoms with E-state index in [-0.39, 0.29) is 17.8 Å². The van der Waals surface area contributed by atoms with Crippen molar-refractivity contribution in [3.8, 4) is 5.75 Å². The third-order valence-corrected chi connectivity index (χ3v) is 3.84. The number of nitrogens with zero attached hydrogens (tertiary/aromatic N) is 1. The lowest BCUT2D eigenvalue weighted by Crippen LogP contribution is -2.42. The van der Waals surface area contributed by atoms with Crippen molar-refractivity contribution in [1.82, 2.24) is 10.2 Å². The van der Waals surface area contributed by atoms with E-state index in [2.05, 4.69) is 10.2 Å². The van der Waals surface area contributed by atoms with E-state index in [1.54, 1.807) is 12.1 Å². The van der Waals surface area contributed by atoms with Crippen LogP contribution in [0.25, 0.3) is 0 Å². The molecule has 2 atom stereocenters. The monoisotopic (exact) mass is 310 g/mol. The number of likely N-dealkylation sites (tertiary alicyclic amines) is 1. The molecule has 1 fully saturated rings. The second kappa shape index (κ2) is 8.10. The minimum atomic E-state index is -0.507. The number of hydrogen-bond donors (Lipinski definition) is 2. The van der Waals surface area contributed by atoms with Crippen LogP contribution in [0, 0.1) is 5.82 Å². The quantitative estimate of drug-likeness (QED) is 0.857. The first kappa shape index (κ1) is 16.7. The van der Waals surface area contributed by atoms with Crippen LogP contribution in [-0.2, 0) is 4.79 Å². The van der Waals surface area contributed by atoms with Gasteiger partial charge in [0.15, 0.2) is 0 Å². The summed E-state index contributed by atoms with van der Waals surface area (Å²) < 4.78 is 18.4. The molecule has 1 aliphatic rings. The largest absolute Gasteiger partial charge is 0.492 e. The van der Waals surface area contributed by atoms with E-state index >= 15 is 0 Å². The average Bonchev–Trinajstić information content (AvgIpc) is 2.64. The van der Waals surface area contributed by atoms with Gasteiger partial charge in [-0.15, -0.1) is 0 Å². The van der Waals surface area contributed by atoms with Gasteiger partial charge in [0.05, 0.1) is 12.1 Å². The first-order chi connectivity index (χ1) is 10.5. The van der Waals surface area contributed by atoms with Crippen LogP contribution >= 0.6 is 0 Å². The summed E-state index contributed by atoms with van der Waals surface area (Å²) in [7, 11) is 0. The van der Waals surface area contributed by atoms with Crippen LogP contribution in [0.2, 0.25) is 0 Å². The molecular formula is C16H23FN2O3. The van der Waals surface area contributed by atoms with E-state index < -0.39 is 6.10 Å². The zero-order chi connectivity index (χ0) is 15.9. The maximum atomic E-state index is 12.8. The molecule has 2 N–H and O–H groups in total. The zero-order valence-corrected chi connectivity index (χ0v) is 12.8. The number of hydrogen-bond acceptors (Lipinski definition) is 4. The number of halogens is 1. The van der Waals surface area contributed by atoms with Gasteiger partial charge >= 0.3 is 0 Å². The Kier molecular flexibility index (Phi) is 6.15. The lowest BCUT2D eigenvalue weighted by molar-refractivity contribution is -0.120. The van der Waals surface area contributed by atoms with Crippen LogP contribution in [0.5, 0.6) is 5.75 Å². The van der Waals surface area contributed by atoms with Crippen LogP contribution in [0.15, 0.2) is 24.3 Å². The molecule has 0 aliphatic carbocycles. The molecule has 1 aromatic rings. The summed E-state index contributed by atoms with van der Waals surface area (Å²) >= 11 is 0. The standard InChI is InChI=1S/C16H23FN2O3/c1-12(20)18-15-6-8-19(9-7-16(15)21)10-11-22-14-4-2-13(17)3-5-14/h2-5,15-16,21H,6-11H2,1H3,(H,18,20)/t15-,16-/m0/s1. The second-order valence-corrected chi connectivity index (χ2v) is 5.60. The molecule has 1 saturated heterocycles. The van der Waals surface area contributed by atoms with Gasteiger partial charge in [-0.25, -0.2) is 4.39 Å². The Morgan fingerprint density at radius 1 is 1.36 bits per heavy atom. The van der Waals surface area contributed by atoms with Crippen LogP contribution in [-0.4, -0.2) is 54.3 Å². The van der Waals surface area contributed by atoms with E-state index in [1.807, 2.05) is 0 Å². The van der Waals surface area contributed by atoms with Gasteiger partial charge in [-0.3, -0.25) is 9.69 Å². The van der Waals surface area contributed by atoms with Crippen molar-refractivity contribution in [3.05, 3.63) is 30.1 Å². The van der Waals surface area contributed by atoms with E-state index in [1.165, 1.54) is 19.1 Å². The van der Waals surface area contributed by atoms with Gasteiger partial charge < -0.3 is 15.2 Å². The summed E-state index contributed by atoms with van der Waals surface area (Å²) in [5, 5.41) is 12.8. The molecule has 1 aliphatic heterocycles. The lowest BCUT2D eigenvalue weighted by atomic mass is 10.1. The number of nitrogens with one attached hydrogen (secondary N) is 1. The maximum Gasteiger partial charge on any atom is 0.217 e. The predicted molar refractivity (Wildman–Crippen MR) is 81.2 cm³/mol. The highest BCUT2D eigenvalue weighted by Crippen LogP contribution is 2.13. The molecule has 2 rings (SSSR count). The Balaban J connectivity index is 1.74. The van der Waals surface area contributed by atoms with E-state index in [0.717, 1.165) is 26.1 Å². The van der Waals surface area contributed by atoms with Crippen molar-refractivity contribution in [3.63, 3.8) is 0 Å². The fourth-order valence-corrected chi connectivity index (χ4v) is 2.62. The highest BCUT2D eigenvalue weighted by atomic mass is 19.1. The Bertz CT molecular complexity index is 481. The highest BCUT2D eigenvalue weighted by molar-refractivity contribution is 5.73. The van der Waals surface area contributed by atoms with Crippen LogP contribution in [0.1, 0.15) is 19.8 Å². The van der Waals surface area contributed by atoms with Crippen molar-refractivity contribution in [2.24, 2.45) is 0 Å². The Hall–Kier alpha value is -1.66. The second-order valence-electron chi connectivity index (χ2n) is 5.60. The van der Waals surface area contributed by atoms with Crippen molar-refractivity contribution in [2.45, 2.75) is 31.9 Å². The van der Waals surface area contributed by atoms with Crippen molar-refractivity contribution < 1.29 is 19.0 Å². The molecule has 1 amide bonds. The maximum absolute atomic E-state index is 12.8. The number of benzene rings is 1. The summed E-state index contributed by atoms with van der Waals surface area (Å²) in [6.07, 6.45) is 0.839.